The van der Waals surface area contributed by atoms with Crippen LogP contribution in [0.15, 0.2) is 35.3 Å². The predicted molar refractivity (Wildman–Crippen MR) is 129 cm³/mol. The number of carbonyl (C=O) groups is 1. The number of nitrogens with zero attached hydrogens (tertiary/aromatic N) is 1. The van der Waals surface area contributed by atoms with E-state index in [0.717, 1.165) is 0 Å². The highest BCUT2D eigenvalue weighted by Crippen LogP contribution is 2.48. The topological polar surface area (TPSA) is 200 Å². The van der Waals surface area contributed by atoms with Crippen LogP contribution in [0.25, 0.3) is 0 Å². The van der Waals surface area contributed by atoms with Crippen LogP contribution < -0.4 is 0 Å². The second kappa shape index (κ2) is 10.3. The van der Waals surface area contributed by atoms with Crippen molar-refractivity contribution in [2.24, 2.45) is 4.99 Å². The number of thiol groups is 1. The van der Waals surface area contributed by atoms with Crippen LogP contribution >= 0.6 is 12.6 Å². The molecule has 2 aliphatic rings. The summed E-state index contributed by atoms with van der Waals surface area (Å²) in [5, 5.41) is 82.5. The molecule has 2 aromatic carbocycles. The fourth-order valence-corrected chi connectivity index (χ4v) is 5.13. The highest BCUT2D eigenvalue weighted by molar-refractivity contribution is 7.80. The maximum atomic E-state index is 11.7. The van der Waals surface area contributed by atoms with Crippen LogP contribution in [-0.4, -0.2) is 101 Å². The van der Waals surface area contributed by atoms with Gasteiger partial charge in [-0.05, 0) is 28.8 Å². The van der Waals surface area contributed by atoms with Gasteiger partial charge in [-0.25, -0.2) is 4.79 Å². The summed E-state index contributed by atoms with van der Waals surface area (Å²) < 4.78 is 5.83. The Kier molecular flexibility index (Phi) is 7.57. The minimum atomic E-state index is -1.68. The van der Waals surface area contributed by atoms with Gasteiger partial charge in [-0.2, -0.15) is 12.6 Å². The molecule has 1 aliphatic carbocycles. The van der Waals surface area contributed by atoms with Crippen molar-refractivity contribution in [3.05, 3.63) is 58.1 Å². The lowest BCUT2D eigenvalue weighted by Crippen LogP contribution is -2.60. The molecular formula is C24H27NO10S. The van der Waals surface area contributed by atoms with Gasteiger partial charge in [0.25, 0.3) is 0 Å². The second-order valence-electron chi connectivity index (χ2n) is 8.76. The number of aliphatic imine (C=N–C) groups is 1. The van der Waals surface area contributed by atoms with E-state index in [2.05, 4.69) is 17.6 Å². The molecule has 0 amide bonds. The Balaban J connectivity index is 2.03. The normalized spacial score (nSPS) is 29.4. The van der Waals surface area contributed by atoms with E-state index in [9.17, 15) is 45.6 Å². The number of aliphatic hydroxyl groups excluding tert-OH is 5. The summed E-state index contributed by atoms with van der Waals surface area (Å²) in [6.45, 7) is -1.12. The monoisotopic (exact) mass is 521 g/mol. The lowest BCUT2D eigenvalue weighted by atomic mass is 9.71. The first kappa shape index (κ1) is 26.4. The third-order valence-corrected chi connectivity index (χ3v) is 6.96. The molecule has 8 N–H and O–H groups in total. The third-order valence-electron chi connectivity index (χ3n) is 6.61. The van der Waals surface area contributed by atoms with Crippen LogP contribution in [0.1, 0.15) is 33.7 Å². The maximum Gasteiger partial charge on any atom is 0.329 e. The standard InChI is InChI=1S/C24H27NO10S/c26-6-9-4-11-16(23-22(32)21(31)20(30)15(7-27)35-23)10-2-1-3-13(28)17(10)19(18(11)14(29)5-9)25-12(8-36)24(33)34/h1-5,12,15-16,20-23,26-32,36H,6-8H2,(H,33,34)/t12-,15+,16?,20+,21-,22+,23-/m0/s1. The molecule has 0 saturated carbocycles. The predicted octanol–water partition coefficient (Wildman–Crippen LogP) is -0.902. The Morgan fingerprint density at radius 2 is 1.69 bits per heavy atom. The zero-order chi connectivity index (χ0) is 26.3. The molecule has 0 spiro atoms. The lowest BCUT2D eigenvalue weighted by Gasteiger charge is -2.45. The number of aliphatic hydroxyl groups is 5. The molecule has 2 aromatic rings. The molecule has 1 heterocycles. The van der Waals surface area contributed by atoms with Crippen molar-refractivity contribution in [2.45, 2.75) is 49.1 Å². The maximum absolute atomic E-state index is 11.7. The van der Waals surface area contributed by atoms with Gasteiger partial charge >= 0.3 is 5.97 Å². The number of aromatic hydroxyl groups is 2. The van der Waals surface area contributed by atoms with Crippen LogP contribution in [0.2, 0.25) is 0 Å². The molecule has 11 nitrogen and oxygen atoms in total. The van der Waals surface area contributed by atoms with E-state index in [-0.39, 0.29) is 45.2 Å². The number of benzene rings is 2. The van der Waals surface area contributed by atoms with Gasteiger partial charge in [0, 0.05) is 22.8 Å². The van der Waals surface area contributed by atoms with Crippen LogP contribution in [0.5, 0.6) is 11.5 Å². The van der Waals surface area contributed by atoms with Crippen molar-refractivity contribution in [1.29, 1.82) is 0 Å². The van der Waals surface area contributed by atoms with Gasteiger partial charge in [0.15, 0.2) is 6.04 Å². The molecule has 0 bridgehead atoms. The number of fused-ring (bicyclic) bond motifs is 2. The second-order valence-corrected chi connectivity index (χ2v) is 9.13. The first-order chi connectivity index (χ1) is 17.1. The quantitative estimate of drug-likeness (QED) is 0.215. The molecule has 12 heteroatoms. The first-order valence-electron chi connectivity index (χ1n) is 11.2. The Morgan fingerprint density at radius 1 is 1.00 bits per heavy atom. The molecule has 1 unspecified atom stereocenters. The number of phenolic OH excluding ortho intramolecular Hbond substituents is 2. The smallest absolute Gasteiger partial charge is 0.329 e. The van der Waals surface area contributed by atoms with Gasteiger partial charge in [0.1, 0.15) is 35.9 Å². The van der Waals surface area contributed by atoms with Gasteiger partial charge in [0.05, 0.1) is 25.0 Å². The Bertz CT molecular complexity index is 1190. The molecule has 1 saturated heterocycles. The van der Waals surface area contributed by atoms with E-state index in [1.807, 2.05) is 0 Å². The Labute approximate surface area is 211 Å². The molecule has 1 aliphatic heterocycles. The van der Waals surface area contributed by atoms with Crippen molar-refractivity contribution < 1.29 is 50.4 Å². The number of hydrogen-bond donors (Lipinski definition) is 9. The summed E-state index contributed by atoms with van der Waals surface area (Å²) in [6.07, 6.45) is -7.44. The molecule has 194 valence electrons. The average Bonchev–Trinajstić information content (AvgIpc) is 2.85. The van der Waals surface area contributed by atoms with E-state index in [1.54, 1.807) is 6.07 Å². The fourth-order valence-electron chi connectivity index (χ4n) is 4.89. The number of carboxylic acid groups (broad SMARTS) is 1. The number of ether oxygens (including phenoxy) is 1. The third kappa shape index (κ3) is 4.34. The van der Waals surface area contributed by atoms with E-state index < -0.39 is 61.7 Å². The minimum Gasteiger partial charge on any atom is -0.507 e. The van der Waals surface area contributed by atoms with Gasteiger partial charge in [-0.1, -0.05) is 18.2 Å². The number of aliphatic carboxylic acids is 1. The Hall–Kier alpha value is -2.71. The highest BCUT2D eigenvalue weighted by atomic mass is 32.1. The Morgan fingerprint density at radius 3 is 2.31 bits per heavy atom. The van der Waals surface area contributed by atoms with Crippen LogP contribution in [0, 0.1) is 0 Å². The molecule has 4 rings (SSSR count). The number of hydrogen-bond acceptors (Lipinski definition) is 11. The van der Waals surface area contributed by atoms with Gasteiger partial charge < -0.3 is 45.6 Å². The molecule has 1 fully saturated rings. The van der Waals surface area contributed by atoms with E-state index >= 15 is 0 Å². The van der Waals surface area contributed by atoms with Crippen molar-refractivity contribution >= 4 is 24.3 Å². The number of phenols is 2. The summed E-state index contributed by atoms with van der Waals surface area (Å²) >= 11 is 4.06. The van der Waals surface area contributed by atoms with Crippen LogP contribution in [-0.2, 0) is 16.1 Å². The summed E-state index contributed by atoms with van der Waals surface area (Å²) in [5.41, 5.74) is 0.949. The summed E-state index contributed by atoms with van der Waals surface area (Å²) in [4.78, 5) is 16.0. The molecule has 0 aromatic heterocycles. The number of rotatable bonds is 6. The molecule has 36 heavy (non-hydrogen) atoms. The van der Waals surface area contributed by atoms with E-state index in [0.29, 0.717) is 5.56 Å². The average molecular weight is 522 g/mol. The minimum absolute atomic E-state index is 0.0381. The molecule has 7 atom stereocenters. The van der Waals surface area contributed by atoms with Crippen molar-refractivity contribution in [3.63, 3.8) is 0 Å². The highest BCUT2D eigenvalue weighted by Gasteiger charge is 2.50. The van der Waals surface area contributed by atoms with Crippen molar-refractivity contribution in [3.8, 4) is 11.5 Å². The van der Waals surface area contributed by atoms with Gasteiger partial charge in [-0.15, -0.1) is 0 Å². The molecular weight excluding hydrogens is 494 g/mol. The van der Waals surface area contributed by atoms with Crippen LogP contribution in [0.3, 0.4) is 0 Å². The zero-order valence-electron chi connectivity index (χ0n) is 18.8. The first-order valence-corrected chi connectivity index (χ1v) is 11.8. The summed E-state index contributed by atoms with van der Waals surface area (Å²) in [6, 6.07) is 5.89. The summed E-state index contributed by atoms with van der Waals surface area (Å²) in [7, 11) is 0. The van der Waals surface area contributed by atoms with Crippen molar-refractivity contribution in [2.75, 3.05) is 12.4 Å². The SMILES string of the molecule is O=C(O)[C@H](CS)N=C1c2c(O)cccc2C([C@@H]2O[C@H](CO)[C@@H](O)[C@H](O)[C@H]2O)c2cc(CO)cc(O)c21. The largest absolute Gasteiger partial charge is 0.507 e. The number of carboxylic acids is 1. The van der Waals surface area contributed by atoms with Gasteiger partial charge in [0.2, 0.25) is 0 Å². The van der Waals surface area contributed by atoms with E-state index in [1.165, 1.54) is 24.3 Å². The lowest BCUT2D eigenvalue weighted by molar-refractivity contribution is -0.232. The fraction of sp³-hybridized carbons (Fsp3) is 0.417. The summed E-state index contributed by atoms with van der Waals surface area (Å²) in [5.74, 6) is -3.12. The molecule has 0 radical (unpaired) electrons. The van der Waals surface area contributed by atoms with E-state index in [4.69, 9.17) is 4.74 Å². The van der Waals surface area contributed by atoms with Crippen molar-refractivity contribution in [1.82, 2.24) is 0 Å². The van der Waals surface area contributed by atoms with Crippen LogP contribution in [0.4, 0.5) is 0 Å². The zero-order valence-corrected chi connectivity index (χ0v) is 19.7. The van der Waals surface area contributed by atoms with Gasteiger partial charge in [-0.3, -0.25) is 4.99 Å².